The fourth-order valence-electron chi connectivity index (χ4n) is 2.24. The van der Waals surface area contributed by atoms with E-state index in [1.807, 2.05) is 0 Å². The average Bonchev–Trinajstić information content (AvgIpc) is 2.84. The Kier molecular flexibility index (Phi) is 3.75. The fraction of sp³-hybridized carbons (Fsp3) is 0.0667. The summed E-state index contributed by atoms with van der Waals surface area (Å²) in [4.78, 5) is 0. The number of nitrogens with one attached hydrogen (secondary N) is 1. The predicted octanol–water partition coefficient (Wildman–Crippen LogP) is 4.03. The third kappa shape index (κ3) is 2.70. The van der Waals surface area contributed by atoms with Crippen molar-refractivity contribution >= 4 is 26.9 Å². The number of nitrogens with two attached hydrogens (primary N) is 1. The number of hydrogen-bond donors (Lipinski definition) is 2. The van der Waals surface area contributed by atoms with Gasteiger partial charge >= 0.3 is 0 Å². The van der Waals surface area contributed by atoms with Crippen LogP contribution in [0, 0.1) is 11.6 Å². The Morgan fingerprint density at radius 2 is 1.90 bits per heavy atom. The number of rotatable bonds is 3. The predicted molar refractivity (Wildman–Crippen MR) is 79.4 cm³/mol. The summed E-state index contributed by atoms with van der Waals surface area (Å²) in [6.07, 6.45) is 0. The molecule has 0 radical (unpaired) electrons. The molecular weight excluding hydrogens is 342 g/mol. The molecule has 0 amide bonds. The minimum Gasteiger partial charge on any atom is -0.459 e. The molecule has 0 aliphatic carbocycles. The lowest BCUT2D eigenvalue weighted by atomic mass is 10.0. The van der Waals surface area contributed by atoms with Gasteiger partial charge in [-0.25, -0.2) is 14.2 Å². The lowest BCUT2D eigenvalue weighted by Gasteiger charge is -2.14. The molecule has 0 saturated heterocycles. The molecule has 3 rings (SSSR count). The first kappa shape index (κ1) is 14.2. The first-order valence-corrected chi connectivity index (χ1v) is 6.98. The molecule has 2 aromatic carbocycles. The van der Waals surface area contributed by atoms with Crippen molar-refractivity contribution in [2.45, 2.75) is 6.04 Å². The molecule has 1 aromatic heterocycles. The monoisotopic (exact) mass is 352 g/mol. The zero-order chi connectivity index (χ0) is 15.0. The molecule has 0 bridgehead atoms. The van der Waals surface area contributed by atoms with E-state index < -0.39 is 11.9 Å². The van der Waals surface area contributed by atoms with Crippen LogP contribution in [0.3, 0.4) is 0 Å². The molecule has 6 heteroatoms. The van der Waals surface area contributed by atoms with Crippen LogP contribution in [0.15, 0.2) is 51.4 Å². The van der Waals surface area contributed by atoms with E-state index in [4.69, 9.17) is 10.3 Å². The van der Waals surface area contributed by atoms with Crippen LogP contribution >= 0.6 is 15.9 Å². The molecule has 108 valence electrons. The average molecular weight is 353 g/mol. The molecule has 0 saturated carbocycles. The molecule has 3 N–H and O–H groups in total. The molecule has 0 aliphatic heterocycles. The van der Waals surface area contributed by atoms with Crippen LogP contribution < -0.4 is 11.3 Å². The number of benzene rings is 2. The van der Waals surface area contributed by atoms with Crippen LogP contribution in [0.1, 0.15) is 17.4 Å². The third-order valence-electron chi connectivity index (χ3n) is 3.22. The molecule has 0 spiro atoms. The summed E-state index contributed by atoms with van der Waals surface area (Å²) in [5.41, 5.74) is 3.39. The van der Waals surface area contributed by atoms with E-state index >= 15 is 0 Å². The van der Waals surface area contributed by atoms with Crippen molar-refractivity contribution in [2.75, 3.05) is 0 Å². The number of halogens is 3. The van der Waals surface area contributed by atoms with Gasteiger partial charge in [-0.05, 0) is 36.4 Å². The zero-order valence-corrected chi connectivity index (χ0v) is 12.3. The van der Waals surface area contributed by atoms with Crippen molar-refractivity contribution < 1.29 is 13.2 Å². The number of hydrazine groups is 1. The minimum absolute atomic E-state index is 0.347. The minimum atomic E-state index is -0.659. The lowest BCUT2D eigenvalue weighted by molar-refractivity contribution is 0.462. The Morgan fingerprint density at radius 3 is 2.62 bits per heavy atom. The zero-order valence-electron chi connectivity index (χ0n) is 10.7. The molecule has 21 heavy (non-hydrogen) atoms. The Morgan fingerprint density at radius 1 is 1.10 bits per heavy atom. The first-order valence-electron chi connectivity index (χ1n) is 6.18. The molecule has 1 heterocycles. The Balaban J connectivity index is 2.09. The Hall–Kier alpha value is -1.76. The Labute approximate surface area is 127 Å². The molecule has 1 atom stereocenters. The first-order chi connectivity index (χ1) is 10.1. The van der Waals surface area contributed by atoms with Crippen LogP contribution in [0.4, 0.5) is 8.78 Å². The van der Waals surface area contributed by atoms with Crippen LogP contribution in [-0.4, -0.2) is 0 Å². The smallest absolute Gasteiger partial charge is 0.134 e. The van der Waals surface area contributed by atoms with Gasteiger partial charge in [-0.1, -0.05) is 22.0 Å². The van der Waals surface area contributed by atoms with Crippen LogP contribution in [0.2, 0.25) is 0 Å². The van der Waals surface area contributed by atoms with Gasteiger partial charge in [0.25, 0.3) is 0 Å². The van der Waals surface area contributed by atoms with Crippen molar-refractivity contribution in [1.82, 2.24) is 5.43 Å². The van der Waals surface area contributed by atoms with E-state index in [-0.39, 0.29) is 5.82 Å². The van der Waals surface area contributed by atoms with Gasteiger partial charge in [0.15, 0.2) is 0 Å². The topological polar surface area (TPSA) is 51.2 Å². The van der Waals surface area contributed by atoms with Gasteiger partial charge in [0.2, 0.25) is 0 Å². The van der Waals surface area contributed by atoms with Crippen LogP contribution in [0.5, 0.6) is 0 Å². The standard InChI is InChI=1S/C15H11BrF2N2O/c16-9-1-3-11(12(18)7-9)15(20-19)14-6-8-5-10(17)2-4-13(8)21-14/h1-7,15,20H,19H2. The fourth-order valence-corrected chi connectivity index (χ4v) is 2.57. The largest absolute Gasteiger partial charge is 0.459 e. The van der Waals surface area contributed by atoms with Gasteiger partial charge in [0.05, 0.1) is 0 Å². The van der Waals surface area contributed by atoms with E-state index in [0.29, 0.717) is 26.8 Å². The summed E-state index contributed by atoms with van der Waals surface area (Å²) >= 11 is 3.20. The van der Waals surface area contributed by atoms with E-state index in [1.165, 1.54) is 24.3 Å². The second-order valence-electron chi connectivity index (χ2n) is 4.60. The maximum atomic E-state index is 14.1. The number of furan rings is 1. The van der Waals surface area contributed by atoms with Gasteiger partial charge in [-0.15, -0.1) is 0 Å². The van der Waals surface area contributed by atoms with Crippen molar-refractivity contribution in [1.29, 1.82) is 0 Å². The molecule has 0 fully saturated rings. The van der Waals surface area contributed by atoms with Gasteiger partial charge in [-0.3, -0.25) is 5.84 Å². The summed E-state index contributed by atoms with van der Waals surface area (Å²) < 4.78 is 33.5. The number of fused-ring (bicyclic) bond motifs is 1. The summed E-state index contributed by atoms with van der Waals surface area (Å²) in [5, 5.41) is 0.600. The van der Waals surface area contributed by atoms with Gasteiger partial charge < -0.3 is 4.42 Å². The summed E-state index contributed by atoms with van der Waals surface area (Å²) in [7, 11) is 0. The quantitative estimate of drug-likeness (QED) is 0.552. The van der Waals surface area contributed by atoms with E-state index in [2.05, 4.69) is 21.4 Å². The summed E-state index contributed by atoms with van der Waals surface area (Å²) in [5.74, 6) is 5.17. The van der Waals surface area contributed by atoms with Crippen molar-refractivity contribution in [3.8, 4) is 0 Å². The highest BCUT2D eigenvalue weighted by atomic mass is 79.9. The van der Waals surface area contributed by atoms with Crippen molar-refractivity contribution in [3.05, 3.63) is 69.9 Å². The summed E-state index contributed by atoms with van der Waals surface area (Å²) in [6, 6.07) is 9.84. The third-order valence-corrected chi connectivity index (χ3v) is 3.72. The molecule has 3 nitrogen and oxygen atoms in total. The highest BCUT2D eigenvalue weighted by molar-refractivity contribution is 9.10. The highest BCUT2D eigenvalue weighted by Crippen LogP contribution is 2.30. The van der Waals surface area contributed by atoms with Gasteiger partial charge in [0, 0.05) is 15.4 Å². The van der Waals surface area contributed by atoms with Crippen LogP contribution in [0.25, 0.3) is 11.0 Å². The maximum absolute atomic E-state index is 14.1. The molecule has 1 unspecified atom stereocenters. The van der Waals surface area contributed by atoms with E-state index in [9.17, 15) is 8.78 Å². The maximum Gasteiger partial charge on any atom is 0.134 e. The SMILES string of the molecule is NNC(c1cc2cc(F)ccc2o1)c1ccc(Br)cc1F. The molecule has 3 aromatic rings. The molecule has 0 aliphatic rings. The lowest BCUT2D eigenvalue weighted by Crippen LogP contribution is -2.29. The normalized spacial score (nSPS) is 12.8. The second kappa shape index (κ2) is 5.55. The highest BCUT2D eigenvalue weighted by Gasteiger charge is 2.20. The Bertz CT molecular complexity index is 803. The molecular formula is C15H11BrF2N2O. The van der Waals surface area contributed by atoms with Gasteiger partial charge in [-0.2, -0.15) is 0 Å². The van der Waals surface area contributed by atoms with Crippen molar-refractivity contribution in [3.63, 3.8) is 0 Å². The van der Waals surface area contributed by atoms with Crippen molar-refractivity contribution in [2.24, 2.45) is 5.84 Å². The van der Waals surface area contributed by atoms with E-state index in [1.54, 1.807) is 18.2 Å². The van der Waals surface area contributed by atoms with Crippen LogP contribution in [-0.2, 0) is 0 Å². The van der Waals surface area contributed by atoms with Gasteiger partial charge in [0.1, 0.15) is 29.0 Å². The number of hydrogen-bond acceptors (Lipinski definition) is 3. The van der Waals surface area contributed by atoms with E-state index in [0.717, 1.165) is 0 Å². The summed E-state index contributed by atoms with van der Waals surface area (Å²) in [6.45, 7) is 0. The second-order valence-corrected chi connectivity index (χ2v) is 5.51.